The summed E-state index contributed by atoms with van der Waals surface area (Å²) < 4.78 is 4.68. The summed E-state index contributed by atoms with van der Waals surface area (Å²) in [4.78, 5) is 24.4. The molecule has 110 valence electrons. The second-order valence-corrected chi connectivity index (χ2v) is 5.61. The molecule has 0 aliphatic carbocycles. The van der Waals surface area contributed by atoms with Gasteiger partial charge in [0.15, 0.2) is 0 Å². The molecule has 5 nitrogen and oxygen atoms in total. The van der Waals surface area contributed by atoms with Crippen molar-refractivity contribution in [2.24, 2.45) is 0 Å². The van der Waals surface area contributed by atoms with Gasteiger partial charge in [0.2, 0.25) is 0 Å². The number of aryl methyl sites for hydroxylation is 1. The van der Waals surface area contributed by atoms with Crippen LogP contribution in [-0.2, 0) is 4.74 Å². The number of methoxy groups -OCH3 is 1. The number of nitrogens with one attached hydrogen (secondary N) is 1. The van der Waals surface area contributed by atoms with Crippen molar-refractivity contribution in [3.8, 4) is 0 Å². The fourth-order valence-electron chi connectivity index (χ4n) is 2.00. The SMILES string of the molecule is COC(=O)c1c(N)sc(C(=O)Nc2ccccc2C)c1C. The quantitative estimate of drug-likeness (QED) is 0.854. The summed E-state index contributed by atoms with van der Waals surface area (Å²) in [7, 11) is 1.28. The number of amides is 1. The molecule has 21 heavy (non-hydrogen) atoms. The Morgan fingerprint density at radius 1 is 1.24 bits per heavy atom. The monoisotopic (exact) mass is 304 g/mol. The Morgan fingerprint density at radius 2 is 1.90 bits per heavy atom. The van der Waals surface area contributed by atoms with E-state index >= 15 is 0 Å². The second-order valence-electron chi connectivity index (χ2n) is 4.56. The maximum Gasteiger partial charge on any atom is 0.341 e. The summed E-state index contributed by atoms with van der Waals surface area (Å²) in [6.45, 7) is 3.59. The number of carbonyl (C=O) groups excluding carboxylic acids is 2. The van der Waals surface area contributed by atoms with Gasteiger partial charge in [-0.25, -0.2) is 4.79 Å². The largest absolute Gasteiger partial charge is 0.465 e. The molecule has 0 atom stereocenters. The summed E-state index contributed by atoms with van der Waals surface area (Å²) in [6, 6.07) is 7.47. The van der Waals surface area contributed by atoms with Gasteiger partial charge in [-0.05, 0) is 31.0 Å². The molecule has 1 amide bonds. The van der Waals surface area contributed by atoms with Gasteiger partial charge in [-0.15, -0.1) is 11.3 Å². The number of hydrogen-bond acceptors (Lipinski definition) is 5. The van der Waals surface area contributed by atoms with Crippen LogP contribution in [0.3, 0.4) is 0 Å². The van der Waals surface area contributed by atoms with E-state index in [1.54, 1.807) is 6.92 Å². The van der Waals surface area contributed by atoms with Gasteiger partial charge in [0.25, 0.3) is 5.91 Å². The lowest BCUT2D eigenvalue weighted by Gasteiger charge is -2.07. The maximum absolute atomic E-state index is 12.4. The summed E-state index contributed by atoms with van der Waals surface area (Å²) >= 11 is 1.08. The average Bonchev–Trinajstić information content (AvgIpc) is 2.76. The van der Waals surface area contributed by atoms with Gasteiger partial charge in [0.1, 0.15) is 5.00 Å². The van der Waals surface area contributed by atoms with Crippen LogP contribution in [0.1, 0.15) is 31.2 Å². The first-order valence-electron chi connectivity index (χ1n) is 6.29. The number of nitrogens with two attached hydrogens (primary N) is 1. The van der Waals surface area contributed by atoms with E-state index < -0.39 is 5.97 Å². The first-order chi connectivity index (χ1) is 9.95. The number of nitrogen functional groups attached to an aromatic ring is 1. The number of rotatable bonds is 3. The molecule has 0 radical (unpaired) electrons. The van der Waals surface area contributed by atoms with Crippen LogP contribution in [0.25, 0.3) is 0 Å². The van der Waals surface area contributed by atoms with Gasteiger partial charge >= 0.3 is 5.97 Å². The lowest BCUT2D eigenvalue weighted by molar-refractivity contribution is 0.0601. The maximum atomic E-state index is 12.4. The molecule has 0 bridgehead atoms. The van der Waals surface area contributed by atoms with Gasteiger partial charge in [-0.2, -0.15) is 0 Å². The molecule has 1 heterocycles. The van der Waals surface area contributed by atoms with Crippen LogP contribution < -0.4 is 11.1 Å². The Hall–Kier alpha value is -2.34. The minimum atomic E-state index is -0.531. The summed E-state index contributed by atoms with van der Waals surface area (Å²) in [5.74, 6) is -0.815. The predicted molar refractivity (Wildman–Crippen MR) is 83.9 cm³/mol. The molecular weight excluding hydrogens is 288 g/mol. The van der Waals surface area contributed by atoms with Gasteiger partial charge < -0.3 is 15.8 Å². The first kappa shape index (κ1) is 15.1. The van der Waals surface area contributed by atoms with Gasteiger partial charge in [-0.3, -0.25) is 4.79 Å². The van der Waals surface area contributed by atoms with Gasteiger partial charge in [0.05, 0.1) is 17.6 Å². The van der Waals surface area contributed by atoms with E-state index in [1.165, 1.54) is 7.11 Å². The molecule has 0 unspecified atom stereocenters. The predicted octanol–water partition coefficient (Wildman–Crippen LogP) is 2.99. The number of thiophene rings is 1. The molecule has 0 saturated carbocycles. The lowest BCUT2D eigenvalue weighted by Crippen LogP contribution is -2.13. The zero-order chi connectivity index (χ0) is 15.6. The topological polar surface area (TPSA) is 81.4 Å². The number of ether oxygens (including phenoxy) is 1. The highest BCUT2D eigenvalue weighted by molar-refractivity contribution is 7.18. The van der Waals surface area contributed by atoms with E-state index in [-0.39, 0.29) is 16.5 Å². The van der Waals surface area contributed by atoms with E-state index in [9.17, 15) is 9.59 Å². The number of para-hydroxylation sites is 1. The molecule has 6 heteroatoms. The van der Waals surface area contributed by atoms with Crippen molar-refractivity contribution in [1.82, 2.24) is 0 Å². The lowest BCUT2D eigenvalue weighted by atomic mass is 10.1. The Morgan fingerprint density at radius 3 is 2.52 bits per heavy atom. The summed E-state index contributed by atoms with van der Waals surface area (Å²) in [5, 5.41) is 3.11. The molecular formula is C15H16N2O3S. The van der Waals surface area contributed by atoms with E-state index in [2.05, 4.69) is 10.1 Å². The average molecular weight is 304 g/mol. The van der Waals surface area contributed by atoms with E-state index in [4.69, 9.17) is 5.73 Å². The molecule has 2 aromatic rings. The molecule has 0 saturated heterocycles. The normalized spacial score (nSPS) is 10.2. The Labute approximate surface area is 126 Å². The van der Waals surface area contributed by atoms with E-state index in [0.717, 1.165) is 22.6 Å². The zero-order valence-electron chi connectivity index (χ0n) is 12.0. The third-order valence-electron chi connectivity index (χ3n) is 3.16. The minimum Gasteiger partial charge on any atom is -0.465 e. The van der Waals surface area contributed by atoms with Crippen LogP contribution in [0.15, 0.2) is 24.3 Å². The number of esters is 1. The van der Waals surface area contributed by atoms with Crippen LogP contribution in [-0.4, -0.2) is 19.0 Å². The summed E-state index contributed by atoms with van der Waals surface area (Å²) in [5.41, 5.74) is 8.31. The number of anilines is 2. The van der Waals surface area contributed by atoms with Crippen LogP contribution in [0, 0.1) is 13.8 Å². The van der Waals surface area contributed by atoms with E-state index in [1.807, 2.05) is 31.2 Å². The first-order valence-corrected chi connectivity index (χ1v) is 7.11. The Bertz CT molecular complexity index is 707. The Kier molecular flexibility index (Phi) is 4.28. The molecule has 1 aromatic heterocycles. The van der Waals surface area contributed by atoms with Crippen molar-refractivity contribution in [3.63, 3.8) is 0 Å². The zero-order valence-corrected chi connectivity index (χ0v) is 12.8. The second kappa shape index (κ2) is 5.97. The third kappa shape index (κ3) is 2.90. The third-order valence-corrected chi connectivity index (χ3v) is 4.28. The van der Waals surface area contributed by atoms with Crippen molar-refractivity contribution in [2.45, 2.75) is 13.8 Å². The molecule has 0 fully saturated rings. The van der Waals surface area contributed by atoms with Crippen molar-refractivity contribution >= 4 is 33.9 Å². The molecule has 3 N–H and O–H groups in total. The van der Waals surface area contributed by atoms with Crippen molar-refractivity contribution < 1.29 is 14.3 Å². The number of benzene rings is 1. The van der Waals surface area contributed by atoms with Crippen molar-refractivity contribution in [2.75, 3.05) is 18.2 Å². The molecule has 0 aliphatic heterocycles. The van der Waals surface area contributed by atoms with Crippen LogP contribution in [0.2, 0.25) is 0 Å². The summed E-state index contributed by atoms with van der Waals surface area (Å²) in [6.07, 6.45) is 0. The van der Waals surface area contributed by atoms with E-state index in [0.29, 0.717) is 10.4 Å². The standard InChI is InChI=1S/C15H16N2O3S/c1-8-6-4-5-7-10(8)17-14(18)12-9(2)11(13(16)21-12)15(19)20-3/h4-7H,16H2,1-3H3,(H,17,18). The van der Waals surface area contributed by atoms with Gasteiger partial charge in [-0.1, -0.05) is 18.2 Å². The van der Waals surface area contributed by atoms with Crippen LogP contribution >= 0.6 is 11.3 Å². The number of carbonyl (C=O) groups is 2. The smallest absolute Gasteiger partial charge is 0.341 e. The van der Waals surface area contributed by atoms with Crippen LogP contribution in [0.5, 0.6) is 0 Å². The highest BCUT2D eigenvalue weighted by Crippen LogP contribution is 2.31. The highest BCUT2D eigenvalue weighted by Gasteiger charge is 2.23. The van der Waals surface area contributed by atoms with Crippen molar-refractivity contribution in [3.05, 3.63) is 45.8 Å². The minimum absolute atomic E-state index is 0.262. The molecule has 2 rings (SSSR count). The Balaban J connectivity index is 2.33. The fourth-order valence-corrected chi connectivity index (χ4v) is 2.96. The highest BCUT2D eigenvalue weighted by atomic mass is 32.1. The fraction of sp³-hybridized carbons (Fsp3) is 0.200. The van der Waals surface area contributed by atoms with Crippen LogP contribution in [0.4, 0.5) is 10.7 Å². The molecule has 0 spiro atoms. The molecule has 1 aromatic carbocycles. The molecule has 0 aliphatic rings. The van der Waals surface area contributed by atoms with Crippen molar-refractivity contribution in [1.29, 1.82) is 0 Å². The number of hydrogen-bond donors (Lipinski definition) is 2. The van der Waals surface area contributed by atoms with Gasteiger partial charge in [0, 0.05) is 5.69 Å².